The Morgan fingerprint density at radius 2 is 1.92 bits per heavy atom. The fraction of sp³-hybridized carbons (Fsp3) is 0.333. The van der Waals surface area contributed by atoms with Crippen molar-refractivity contribution >= 4 is 28.7 Å². The Bertz CT molecular complexity index is 775. The topological polar surface area (TPSA) is 106 Å². The molecule has 2 N–H and O–H groups in total. The molecule has 1 heterocycles. The number of pyridine rings is 1. The number of nitrogens with zero attached hydrogens (tertiary/aromatic N) is 1. The highest BCUT2D eigenvalue weighted by Crippen LogP contribution is 2.13. The number of rotatable bonds is 8. The van der Waals surface area contributed by atoms with Gasteiger partial charge in [0.2, 0.25) is 5.91 Å². The summed E-state index contributed by atoms with van der Waals surface area (Å²) in [6, 6.07) is 9.99. The zero-order chi connectivity index (χ0) is 18.2. The number of benzene rings is 1. The van der Waals surface area contributed by atoms with Gasteiger partial charge in [0.25, 0.3) is 0 Å². The molecule has 1 aromatic heterocycles. The molecule has 7 heteroatoms. The molecule has 7 nitrogen and oxygen atoms in total. The van der Waals surface area contributed by atoms with Crippen molar-refractivity contribution in [3.8, 4) is 0 Å². The van der Waals surface area contributed by atoms with Crippen molar-refractivity contribution in [3.05, 3.63) is 42.1 Å². The smallest absolute Gasteiger partial charge is 0.326 e. The maximum Gasteiger partial charge on any atom is 0.326 e. The first kappa shape index (κ1) is 18.4. The highest BCUT2D eigenvalue weighted by molar-refractivity contribution is 5.86. The number of hydrogen-bond acceptors (Lipinski definition) is 5. The van der Waals surface area contributed by atoms with Crippen molar-refractivity contribution in [2.75, 3.05) is 6.61 Å². The number of carboxylic acids is 1. The van der Waals surface area contributed by atoms with E-state index < -0.39 is 23.9 Å². The molecule has 0 aliphatic heterocycles. The number of esters is 1. The highest BCUT2D eigenvalue weighted by atomic mass is 16.5. The Kier molecular flexibility index (Phi) is 6.45. The van der Waals surface area contributed by atoms with Gasteiger partial charge in [-0.05, 0) is 19.1 Å². The van der Waals surface area contributed by atoms with E-state index in [1.807, 2.05) is 30.3 Å². The van der Waals surface area contributed by atoms with E-state index in [0.29, 0.717) is 5.69 Å². The minimum Gasteiger partial charge on any atom is -0.480 e. The average molecular weight is 344 g/mol. The summed E-state index contributed by atoms with van der Waals surface area (Å²) in [5.74, 6) is -2.15. The second kappa shape index (κ2) is 8.77. The number of carboxylic acid groups (broad SMARTS) is 1. The standard InChI is InChI=1S/C18H20N2O5/c1-2-25-17(22)10-9-16(21)20-15(18(23)24)11-13-8-7-12-5-3-4-6-14(12)19-13/h3-8,15H,2,9-11H2,1H3,(H,20,21)(H,23,24)/t15-/m1/s1. The first-order valence-corrected chi connectivity index (χ1v) is 8.02. The molecular formula is C18H20N2O5. The molecule has 0 aliphatic rings. The lowest BCUT2D eigenvalue weighted by molar-refractivity contribution is -0.144. The molecule has 1 amide bonds. The monoisotopic (exact) mass is 344 g/mol. The van der Waals surface area contributed by atoms with Gasteiger partial charge in [-0.1, -0.05) is 24.3 Å². The van der Waals surface area contributed by atoms with Crippen molar-refractivity contribution < 1.29 is 24.2 Å². The predicted molar refractivity (Wildman–Crippen MR) is 90.9 cm³/mol. The molecule has 0 bridgehead atoms. The van der Waals surface area contributed by atoms with Crippen LogP contribution in [0.25, 0.3) is 10.9 Å². The average Bonchev–Trinajstić information content (AvgIpc) is 2.59. The third-order valence-corrected chi connectivity index (χ3v) is 3.56. The largest absolute Gasteiger partial charge is 0.480 e. The number of fused-ring (bicyclic) bond motifs is 1. The van der Waals surface area contributed by atoms with Crippen LogP contribution in [0, 0.1) is 0 Å². The molecule has 0 spiro atoms. The lowest BCUT2D eigenvalue weighted by Gasteiger charge is -2.14. The zero-order valence-electron chi connectivity index (χ0n) is 13.9. The second-order valence-corrected chi connectivity index (χ2v) is 5.46. The molecule has 1 aromatic carbocycles. The molecule has 132 valence electrons. The molecule has 0 radical (unpaired) electrons. The quantitative estimate of drug-likeness (QED) is 0.706. The summed E-state index contributed by atoms with van der Waals surface area (Å²) in [5, 5.41) is 12.7. The summed E-state index contributed by atoms with van der Waals surface area (Å²) in [6.07, 6.45) is -0.140. The third-order valence-electron chi connectivity index (χ3n) is 3.56. The van der Waals surface area contributed by atoms with E-state index in [1.54, 1.807) is 13.0 Å². The Morgan fingerprint density at radius 3 is 2.64 bits per heavy atom. The predicted octanol–water partition coefficient (Wildman–Crippen LogP) is 1.69. The van der Waals surface area contributed by atoms with Gasteiger partial charge in [0.1, 0.15) is 6.04 Å². The Morgan fingerprint density at radius 1 is 1.16 bits per heavy atom. The molecule has 0 fully saturated rings. The van der Waals surface area contributed by atoms with Gasteiger partial charge in [0.05, 0.1) is 18.5 Å². The van der Waals surface area contributed by atoms with Crippen LogP contribution in [0.3, 0.4) is 0 Å². The van der Waals surface area contributed by atoms with E-state index in [1.165, 1.54) is 0 Å². The number of amides is 1. The summed E-state index contributed by atoms with van der Waals surface area (Å²) < 4.78 is 4.74. The molecule has 0 saturated carbocycles. The van der Waals surface area contributed by atoms with Crippen molar-refractivity contribution in [2.45, 2.75) is 32.2 Å². The van der Waals surface area contributed by atoms with Gasteiger partial charge in [-0.15, -0.1) is 0 Å². The third kappa shape index (κ3) is 5.56. The molecular weight excluding hydrogens is 324 g/mol. The fourth-order valence-electron chi connectivity index (χ4n) is 2.35. The number of ether oxygens (including phenoxy) is 1. The summed E-state index contributed by atoms with van der Waals surface area (Å²) in [7, 11) is 0. The first-order chi connectivity index (χ1) is 12.0. The van der Waals surface area contributed by atoms with Gasteiger partial charge >= 0.3 is 11.9 Å². The fourth-order valence-corrected chi connectivity index (χ4v) is 2.35. The van der Waals surface area contributed by atoms with Crippen LogP contribution in [0.4, 0.5) is 0 Å². The summed E-state index contributed by atoms with van der Waals surface area (Å²) in [4.78, 5) is 38.9. The van der Waals surface area contributed by atoms with Crippen LogP contribution in [0.5, 0.6) is 0 Å². The molecule has 0 saturated heterocycles. The summed E-state index contributed by atoms with van der Waals surface area (Å²) >= 11 is 0. The van der Waals surface area contributed by atoms with Crippen LogP contribution < -0.4 is 5.32 Å². The Labute approximate surface area is 145 Å². The van der Waals surface area contributed by atoms with E-state index in [0.717, 1.165) is 10.9 Å². The minimum atomic E-state index is -1.15. The number of para-hydroxylation sites is 1. The summed E-state index contributed by atoms with van der Waals surface area (Å²) in [6.45, 7) is 1.92. The molecule has 0 unspecified atom stereocenters. The van der Waals surface area contributed by atoms with Gasteiger partial charge in [-0.3, -0.25) is 14.6 Å². The van der Waals surface area contributed by atoms with E-state index in [-0.39, 0.29) is 25.9 Å². The molecule has 25 heavy (non-hydrogen) atoms. The normalized spacial score (nSPS) is 11.7. The van der Waals surface area contributed by atoms with Crippen LogP contribution in [-0.4, -0.2) is 40.6 Å². The van der Waals surface area contributed by atoms with Gasteiger partial charge in [-0.25, -0.2) is 4.79 Å². The van der Waals surface area contributed by atoms with Gasteiger partial charge in [-0.2, -0.15) is 0 Å². The first-order valence-electron chi connectivity index (χ1n) is 8.02. The number of hydrogen-bond donors (Lipinski definition) is 2. The lowest BCUT2D eigenvalue weighted by Crippen LogP contribution is -2.42. The molecule has 0 aliphatic carbocycles. The van der Waals surface area contributed by atoms with Crippen LogP contribution >= 0.6 is 0 Å². The molecule has 1 atom stereocenters. The lowest BCUT2D eigenvalue weighted by atomic mass is 10.1. The second-order valence-electron chi connectivity index (χ2n) is 5.46. The highest BCUT2D eigenvalue weighted by Gasteiger charge is 2.21. The van der Waals surface area contributed by atoms with Gasteiger partial charge < -0.3 is 15.2 Å². The van der Waals surface area contributed by atoms with E-state index in [9.17, 15) is 19.5 Å². The van der Waals surface area contributed by atoms with Crippen LogP contribution in [0.15, 0.2) is 36.4 Å². The number of aromatic nitrogens is 1. The number of nitrogens with one attached hydrogen (secondary N) is 1. The van der Waals surface area contributed by atoms with Gasteiger partial charge in [0.15, 0.2) is 0 Å². The van der Waals surface area contributed by atoms with Crippen molar-refractivity contribution in [3.63, 3.8) is 0 Å². The minimum absolute atomic E-state index is 0.0608. The van der Waals surface area contributed by atoms with E-state index in [4.69, 9.17) is 4.74 Å². The number of carbonyl (C=O) groups is 3. The van der Waals surface area contributed by atoms with Crippen molar-refractivity contribution in [1.82, 2.24) is 10.3 Å². The van der Waals surface area contributed by atoms with Crippen LogP contribution in [-0.2, 0) is 25.5 Å². The van der Waals surface area contributed by atoms with E-state index >= 15 is 0 Å². The van der Waals surface area contributed by atoms with E-state index in [2.05, 4.69) is 10.3 Å². The SMILES string of the molecule is CCOC(=O)CCC(=O)N[C@H](Cc1ccc2ccccc2n1)C(=O)O. The Hall–Kier alpha value is -2.96. The van der Waals surface area contributed by atoms with Crippen LogP contribution in [0.1, 0.15) is 25.5 Å². The molecule has 2 aromatic rings. The van der Waals surface area contributed by atoms with Crippen molar-refractivity contribution in [2.24, 2.45) is 0 Å². The Balaban J connectivity index is 1.98. The number of aliphatic carboxylic acids is 1. The van der Waals surface area contributed by atoms with Crippen LogP contribution in [0.2, 0.25) is 0 Å². The zero-order valence-corrected chi connectivity index (χ0v) is 13.9. The maximum absolute atomic E-state index is 11.9. The maximum atomic E-state index is 11.9. The summed E-state index contributed by atoms with van der Waals surface area (Å²) in [5.41, 5.74) is 1.33. The molecule has 2 rings (SSSR count). The van der Waals surface area contributed by atoms with Gasteiger partial charge in [0, 0.05) is 23.9 Å². The van der Waals surface area contributed by atoms with Crippen molar-refractivity contribution in [1.29, 1.82) is 0 Å². The number of carbonyl (C=O) groups excluding carboxylic acids is 2.